The third-order valence-corrected chi connectivity index (χ3v) is 5.43. The average molecular weight is 508 g/mol. The van der Waals surface area contributed by atoms with Crippen molar-refractivity contribution in [3.05, 3.63) is 65.7 Å². The highest BCUT2D eigenvalue weighted by Crippen LogP contribution is 2.26. The quantitative estimate of drug-likeness (QED) is 0.293. The second-order valence-corrected chi connectivity index (χ2v) is 7.55. The van der Waals surface area contributed by atoms with Gasteiger partial charge < -0.3 is 21.1 Å². The second-order valence-electron chi connectivity index (χ2n) is 7.55. The van der Waals surface area contributed by atoms with Crippen LogP contribution in [0.15, 0.2) is 59.6 Å². The molecule has 0 spiro atoms. The van der Waals surface area contributed by atoms with E-state index in [0.29, 0.717) is 12.5 Å². The molecule has 1 aliphatic heterocycles. The molecular formula is C23H33IN4O. The molecule has 1 unspecified atom stereocenters. The van der Waals surface area contributed by atoms with Crippen LogP contribution in [0.1, 0.15) is 43.9 Å². The number of rotatable bonds is 7. The first kappa shape index (κ1) is 23.6. The molecule has 0 aromatic heterocycles. The number of aliphatic imine (C=N–C) groups is 1. The van der Waals surface area contributed by atoms with Crippen LogP contribution in [0.5, 0.6) is 0 Å². The standard InChI is InChI=1S/C23H32N4O.HI/c1-3-19-8-7-11-21(16-19)26-22(24)25-17-23(12-14-28-15-13-23)27-18(2)20-9-5-4-6-10-20;/h4-11,16,18,27H,3,12-15,17H2,1-2H3,(H3,24,25,26);1H. The van der Waals surface area contributed by atoms with Gasteiger partial charge in [0, 0.05) is 30.5 Å². The van der Waals surface area contributed by atoms with E-state index in [9.17, 15) is 0 Å². The molecule has 1 saturated heterocycles. The first-order valence-electron chi connectivity index (χ1n) is 10.2. The second kappa shape index (κ2) is 11.5. The molecule has 1 fully saturated rings. The van der Waals surface area contributed by atoms with Gasteiger partial charge in [-0.2, -0.15) is 0 Å². The van der Waals surface area contributed by atoms with Crippen molar-refractivity contribution in [1.82, 2.24) is 5.32 Å². The molecular weight excluding hydrogens is 475 g/mol. The third-order valence-electron chi connectivity index (χ3n) is 5.43. The van der Waals surface area contributed by atoms with Crippen LogP contribution in [-0.2, 0) is 11.2 Å². The molecule has 4 N–H and O–H groups in total. The Morgan fingerprint density at radius 2 is 1.86 bits per heavy atom. The first-order valence-corrected chi connectivity index (χ1v) is 10.2. The Bertz CT molecular complexity index is 775. The number of ether oxygens (including phenoxy) is 1. The lowest BCUT2D eigenvalue weighted by Crippen LogP contribution is -2.53. The van der Waals surface area contributed by atoms with Crippen molar-refractivity contribution in [3.63, 3.8) is 0 Å². The molecule has 1 aliphatic rings. The van der Waals surface area contributed by atoms with Crippen LogP contribution in [0.3, 0.4) is 0 Å². The lowest BCUT2D eigenvalue weighted by Gasteiger charge is -2.39. The maximum absolute atomic E-state index is 6.20. The number of halogens is 1. The van der Waals surface area contributed by atoms with Crippen molar-refractivity contribution >= 4 is 35.6 Å². The van der Waals surface area contributed by atoms with Crippen molar-refractivity contribution < 1.29 is 4.74 Å². The number of guanidine groups is 1. The molecule has 6 heteroatoms. The van der Waals surface area contributed by atoms with E-state index < -0.39 is 0 Å². The van der Waals surface area contributed by atoms with Gasteiger partial charge in [-0.25, -0.2) is 0 Å². The molecule has 5 nitrogen and oxygen atoms in total. The summed E-state index contributed by atoms with van der Waals surface area (Å²) in [5, 5.41) is 7.04. The fourth-order valence-corrected chi connectivity index (χ4v) is 3.69. The Labute approximate surface area is 191 Å². The zero-order chi connectivity index (χ0) is 19.8. The highest BCUT2D eigenvalue weighted by Gasteiger charge is 2.33. The molecule has 0 amide bonds. The van der Waals surface area contributed by atoms with Crippen molar-refractivity contribution in [2.24, 2.45) is 10.7 Å². The predicted octanol–water partition coefficient (Wildman–Crippen LogP) is 4.49. The summed E-state index contributed by atoms with van der Waals surface area (Å²) in [4.78, 5) is 4.68. The van der Waals surface area contributed by atoms with Gasteiger partial charge in [-0.05, 0) is 49.4 Å². The smallest absolute Gasteiger partial charge is 0.193 e. The van der Waals surface area contributed by atoms with Crippen LogP contribution in [0.2, 0.25) is 0 Å². The van der Waals surface area contributed by atoms with Gasteiger partial charge in [0.1, 0.15) is 0 Å². The lowest BCUT2D eigenvalue weighted by atomic mass is 9.88. The summed E-state index contributed by atoms with van der Waals surface area (Å²) in [5.41, 5.74) is 9.62. The highest BCUT2D eigenvalue weighted by molar-refractivity contribution is 14.0. The van der Waals surface area contributed by atoms with E-state index in [0.717, 1.165) is 38.2 Å². The maximum atomic E-state index is 6.20. The van der Waals surface area contributed by atoms with Gasteiger partial charge in [0.25, 0.3) is 0 Å². The van der Waals surface area contributed by atoms with E-state index >= 15 is 0 Å². The van der Waals surface area contributed by atoms with Gasteiger partial charge in [-0.1, -0.05) is 49.4 Å². The maximum Gasteiger partial charge on any atom is 0.193 e. The van der Waals surface area contributed by atoms with Gasteiger partial charge in [-0.15, -0.1) is 24.0 Å². The van der Waals surface area contributed by atoms with Gasteiger partial charge >= 0.3 is 0 Å². The van der Waals surface area contributed by atoms with Crippen molar-refractivity contribution in [1.29, 1.82) is 0 Å². The molecule has 0 radical (unpaired) electrons. The summed E-state index contributed by atoms with van der Waals surface area (Å²) in [6, 6.07) is 19.0. The number of aryl methyl sites for hydroxylation is 1. The Kier molecular flexibility index (Phi) is 9.39. The Morgan fingerprint density at radius 3 is 2.55 bits per heavy atom. The number of hydrogen-bond donors (Lipinski definition) is 3. The largest absolute Gasteiger partial charge is 0.381 e. The van der Waals surface area contributed by atoms with Crippen LogP contribution in [0.4, 0.5) is 5.69 Å². The SMILES string of the molecule is CCc1cccc(NC(N)=NCC2(NC(C)c3ccccc3)CCOCC2)c1.I. The summed E-state index contributed by atoms with van der Waals surface area (Å²) in [6.07, 6.45) is 2.84. The highest BCUT2D eigenvalue weighted by atomic mass is 127. The summed E-state index contributed by atoms with van der Waals surface area (Å²) >= 11 is 0. The minimum atomic E-state index is -0.106. The van der Waals surface area contributed by atoms with Crippen LogP contribution < -0.4 is 16.4 Å². The van der Waals surface area contributed by atoms with Crippen molar-refractivity contribution in [2.75, 3.05) is 25.1 Å². The molecule has 3 rings (SSSR count). The average Bonchev–Trinajstić information content (AvgIpc) is 2.74. The summed E-state index contributed by atoms with van der Waals surface area (Å²) in [5.74, 6) is 0.452. The Hall–Kier alpha value is -1.64. The molecule has 158 valence electrons. The zero-order valence-electron chi connectivity index (χ0n) is 17.4. The molecule has 29 heavy (non-hydrogen) atoms. The fourth-order valence-electron chi connectivity index (χ4n) is 3.69. The summed E-state index contributed by atoms with van der Waals surface area (Å²) in [7, 11) is 0. The number of nitrogens with one attached hydrogen (secondary N) is 2. The minimum Gasteiger partial charge on any atom is -0.381 e. The van der Waals surface area contributed by atoms with Crippen molar-refractivity contribution in [2.45, 2.75) is 44.7 Å². The van der Waals surface area contributed by atoms with Gasteiger partial charge in [0.2, 0.25) is 0 Å². The monoisotopic (exact) mass is 508 g/mol. The fraction of sp³-hybridized carbons (Fsp3) is 0.435. The Balaban J connectivity index is 0.00000300. The van der Waals surface area contributed by atoms with Crippen LogP contribution in [0.25, 0.3) is 0 Å². The first-order chi connectivity index (χ1) is 13.6. The zero-order valence-corrected chi connectivity index (χ0v) is 19.7. The topological polar surface area (TPSA) is 71.7 Å². The number of nitrogens with two attached hydrogens (primary N) is 1. The molecule has 1 heterocycles. The summed E-state index contributed by atoms with van der Waals surface area (Å²) < 4.78 is 5.60. The number of benzene rings is 2. The predicted molar refractivity (Wildman–Crippen MR) is 132 cm³/mol. The van der Waals surface area contributed by atoms with Gasteiger partial charge in [-0.3, -0.25) is 4.99 Å². The third kappa shape index (κ3) is 6.97. The number of nitrogens with zero attached hydrogens (tertiary/aromatic N) is 1. The molecule has 2 aromatic carbocycles. The van der Waals surface area contributed by atoms with Gasteiger partial charge in [0.15, 0.2) is 5.96 Å². The van der Waals surface area contributed by atoms with E-state index in [4.69, 9.17) is 10.5 Å². The van der Waals surface area contributed by atoms with Crippen molar-refractivity contribution in [3.8, 4) is 0 Å². The molecule has 1 atom stereocenters. The normalized spacial score (nSPS) is 17.2. The van der Waals surface area contributed by atoms with Crippen LogP contribution >= 0.6 is 24.0 Å². The van der Waals surface area contributed by atoms with E-state index in [1.807, 2.05) is 18.2 Å². The molecule has 0 aliphatic carbocycles. The van der Waals surface area contributed by atoms with Gasteiger partial charge in [0.05, 0.1) is 6.54 Å². The number of hydrogen-bond acceptors (Lipinski definition) is 3. The van der Waals surface area contributed by atoms with E-state index in [1.165, 1.54) is 11.1 Å². The van der Waals surface area contributed by atoms with E-state index in [1.54, 1.807) is 0 Å². The van der Waals surface area contributed by atoms with Crippen LogP contribution in [-0.4, -0.2) is 31.3 Å². The van der Waals surface area contributed by atoms with Crippen LogP contribution in [0, 0.1) is 0 Å². The molecule has 2 aromatic rings. The number of anilines is 1. The lowest BCUT2D eigenvalue weighted by molar-refractivity contribution is 0.0375. The molecule has 0 saturated carbocycles. The Morgan fingerprint density at radius 1 is 1.14 bits per heavy atom. The van der Waals surface area contributed by atoms with E-state index in [-0.39, 0.29) is 35.6 Å². The molecule has 0 bridgehead atoms. The van der Waals surface area contributed by atoms with E-state index in [2.05, 4.69) is 65.9 Å². The summed E-state index contributed by atoms with van der Waals surface area (Å²) in [6.45, 7) is 6.46. The minimum absolute atomic E-state index is 0.